The van der Waals surface area contributed by atoms with E-state index in [1.165, 1.54) is 11.1 Å². The molecule has 0 aliphatic carbocycles. The molecule has 0 bridgehead atoms. The number of pyridine rings is 1. The van der Waals surface area contributed by atoms with Crippen molar-refractivity contribution >= 4 is 0 Å². The number of rotatable bonds is 2. The van der Waals surface area contributed by atoms with E-state index in [1.54, 1.807) is 12.1 Å². The van der Waals surface area contributed by atoms with Gasteiger partial charge < -0.3 is 0 Å². The molecule has 0 radical (unpaired) electrons. The van der Waals surface area contributed by atoms with Gasteiger partial charge in [-0.25, -0.2) is 0 Å². The molecule has 1 heterocycles. The van der Waals surface area contributed by atoms with Crippen LogP contribution in [0.3, 0.4) is 0 Å². The molecule has 1 nitrogen and oxygen atoms in total. The van der Waals surface area contributed by atoms with Gasteiger partial charge in [0, 0.05) is 15.9 Å². The molecule has 0 N–H and O–H groups in total. The zero-order valence-corrected chi connectivity index (χ0v) is 10.5. The number of hydrogen-bond donors (Lipinski definition) is 0. The van der Waals surface area contributed by atoms with Crippen molar-refractivity contribution in [3.05, 3.63) is 53.2 Å². The van der Waals surface area contributed by atoms with E-state index < -0.39 is 6.85 Å². The van der Waals surface area contributed by atoms with Crippen molar-refractivity contribution in [2.75, 3.05) is 0 Å². The fourth-order valence-electron chi connectivity index (χ4n) is 1.97. The van der Waals surface area contributed by atoms with E-state index >= 15 is 0 Å². The number of aromatic nitrogens is 1. The second kappa shape index (κ2) is 4.70. The fraction of sp³-hybridized carbons (Fsp3) is 0.312. The molecule has 0 fully saturated rings. The van der Waals surface area contributed by atoms with Gasteiger partial charge >= 0.3 is 0 Å². The summed E-state index contributed by atoms with van der Waals surface area (Å²) < 4.78 is 22.1. The number of nitrogens with zero attached hydrogens (tertiary/aromatic N) is 1. The Morgan fingerprint density at radius 2 is 1.88 bits per heavy atom. The molecule has 1 aromatic carbocycles. The van der Waals surface area contributed by atoms with Crippen LogP contribution in [0.5, 0.6) is 0 Å². The monoisotopic (exact) mass is 228 g/mol. The van der Waals surface area contributed by atoms with E-state index in [4.69, 9.17) is 4.11 Å². The highest BCUT2D eigenvalue weighted by molar-refractivity contribution is 5.60. The summed E-state index contributed by atoms with van der Waals surface area (Å²) in [4.78, 5) is 4.48. The highest BCUT2D eigenvalue weighted by Crippen LogP contribution is 2.23. The van der Waals surface area contributed by atoms with Crippen LogP contribution in [-0.4, -0.2) is 4.98 Å². The van der Waals surface area contributed by atoms with Gasteiger partial charge in [0.05, 0.1) is 5.69 Å². The standard InChI is InChI=1S/C16H19N/c1-11(2)15-10-17-16(9-13(15)4)14-7-5-12(3)6-8-14/h5-11H,1-4H3/i3D3. The molecule has 1 aromatic heterocycles. The molecule has 0 unspecified atom stereocenters. The number of aryl methyl sites for hydroxylation is 2. The van der Waals surface area contributed by atoms with Gasteiger partial charge in [0.1, 0.15) is 0 Å². The van der Waals surface area contributed by atoms with E-state index in [1.807, 2.05) is 18.3 Å². The van der Waals surface area contributed by atoms with Crippen LogP contribution in [0, 0.1) is 13.8 Å². The Kier molecular flexibility index (Phi) is 2.34. The maximum atomic E-state index is 7.38. The third kappa shape index (κ3) is 2.55. The first-order valence-corrected chi connectivity index (χ1v) is 5.86. The highest BCUT2D eigenvalue weighted by Gasteiger charge is 2.06. The first kappa shape index (κ1) is 8.46. The van der Waals surface area contributed by atoms with Crippen LogP contribution in [0.2, 0.25) is 0 Å². The summed E-state index contributed by atoms with van der Waals surface area (Å²) in [5.74, 6) is 0.453. The fourth-order valence-corrected chi connectivity index (χ4v) is 1.97. The van der Waals surface area contributed by atoms with Gasteiger partial charge in [-0.15, -0.1) is 0 Å². The van der Waals surface area contributed by atoms with Crippen LogP contribution in [0.1, 0.15) is 40.6 Å². The third-order valence-corrected chi connectivity index (χ3v) is 2.95. The largest absolute Gasteiger partial charge is 0.256 e. The summed E-state index contributed by atoms with van der Waals surface area (Å²) in [6.45, 7) is 4.32. The van der Waals surface area contributed by atoms with Gasteiger partial charge in [-0.2, -0.15) is 0 Å². The maximum Gasteiger partial charge on any atom is 0.0704 e. The number of benzene rings is 1. The molecule has 0 spiro atoms. The SMILES string of the molecule is [2H]C([2H])([2H])c1ccc(-c2cc(C)c(C(C)C)cn2)cc1. The third-order valence-electron chi connectivity index (χ3n) is 2.95. The molecule has 0 atom stereocenters. The average Bonchev–Trinajstić information content (AvgIpc) is 2.37. The minimum Gasteiger partial charge on any atom is -0.256 e. The molecule has 2 aromatic rings. The van der Waals surface area contributed by atoms with Crippen molar-refractivity contribution in [2.45, 2.75) is 33.5 Å². The molecule has 88 valence electrons. The van der Waals surface area contributed by atoms with Gasteiger partial charge in [-0.3, -0.25) is 4.98 Å². The Morgan fingerprint density at radius 1 is 1.18 bits per heavy atom. The minimum absolute atomic E-state index is 0.358. The Morgan fingerprint density at radius 3 is 2.41 bits per heavy atom. The normalized spacial score (nSPS) is 14.2. The Labute approximate surface area is 108 Å². The van der Waals surface area contributed by atoms with Crippen LogP contribution in [0.4, 0.5) is 0 Å². The molecule has 2 rings (SSSR count). The van der Waals surface area contributed by atoms with Crippen LogP contribution in [0.15, 0.2) is 36.5 Å². The molecule has 0 aliphatic heterocycles. The van der Waals surface area contributed by atoms with E-state index in [-0.39, 0.29) is 0 Å². The molecule has 0 amide bonds. The van der Waals surface area contributed by atoms with Gasteiger partial charge in [-0.05, 0) is 36.9 Å². The highest BCUT2D eigenvalue weighted by atomic mass is 14.7. The predicted octanol–water partition coefficient (Wildman–Crippen LogP) is 4.49. The summed E-state index contributed by atoms with van der Waals surface area (Å²) in [5, 5.41) is 0. The lowest BCUT2D eigenvalue weighted by atomic mass is 9.98. The topological polar surface area (TPSA) is 12.9 Å². The quantitative estimate of drug-likeness (QED) is 0.738. The molecular formula is C16H19N. The lowest BCUT2D eigenvalue weighted by Crippen LogP contribution is -1.95. The van der Waals surface area contributed by atoms with E-state index in [9.17, 15) is 0 Å². The predicted molar refractivity (Wildman–Crippen MR) is 73.2 cm³/mol. The van der Waals surface area contributed by atoms with E-state index in [0.717, 1.165) is 11.3 Å². The second-order valence-electron chi connectivity index (χ2n) is 4.66. The first-order chi connectivity index (χ1) is 9.29. The Hall–Kier alpha value is -1.63. The van der Waals surface area contributed by atoms with Gasteiger partial charge in [0.15, 0.2) is 0 Å². The summed E-state index contributed by atoms with van der Waals surface area (Å²) in [7, 11) is 0. The zero-order chi connectivity index (χ0) is 14.9. The lowest BCUT2D eigenvalue weighted by molar-refractivity contribution is 0.848. The van der Waals surface area contributed by atoms with Gasteiger partial charge in [0.25, 0.3) is 0 Å². The van der Waals surface area contributed by atoms with Gasteiger partial charge in [-0.1, -0.05) is 43.7 Å². The zero-order valence-electron chi connectivity index (χ0n) is 13.5. The van der Waals surface area contributed by atoms with Crippen molar-refractivity contribution in [2.24, 2.45) is 0 Å². The summed E-state index contributed by atoms with van der Waals surface area (Å²) in [6, 6.07) is 8.99. The van der Waals surface area contributed by atoms with Crippen LogP contribution in [-0.2, 0) is 0 Å². The van der Waals surface area contributed by atoms with Crippen LogP contribution in [0.25, 0.3) is 11.3 Å². The van der Waals surface area contributed by atoms with Crippen molar-refractivity contribution in [1.29, 1.82) is 0 Å². The van der Waals surface area contributed by atoms with Crippen molar-refractivity contribution in [3.63, 3.8) is 0 Å². The van der Waals surface area contributed by atoms with E-state index in [0.29, 0.717) is 11.5 Å². The summed E-state index contributed by atoms with van der Waals surface area (Å²) in [6.07, 6.45) is 1.91. The second-order valence-corrected chi connectivity index (χ2v) is 4.66. The summed E-state index contributed by atoms with van der Waals surface area (Å²) >= 11 is 0. The molecule has 1 heteroatoms. The Balaban J connectivity index is 2.35. The molecule has 0 aliphatic rings. The first-order valence-electron chi connectivity index (χ1n) is 7.36. The lowest BCUT2D eigenvalue weighted by Gasteiger charge is -2.10. The molecule has 0 saturated carbocycles. The molecule has 17 heavy (non-hydrogen) atoms. The average molecular weight is 228 g/mol. The number of hydrogen-bond acceptors (Lipinski definition) is 1. The Bertz CT molecular complexity index is 598. The van der Waals surface area contributed by atoms with Crippen molar-refractivity contribution < 1.29 is 4.11 Å². The van der Waals surface area contributed by atoms with E-state index in [2.05, 4.69) is 31.8 Å². The maximum absolute atomic E-state index is 7.38. The van der Waals surface area contributed by atoms with Crippen molar-refractivity contribution in [1.82, 2.24) is 4.98 Å². The minimum atomic E-state index is -2.05. The molecule has 0 saturated heterocycles. The summed E-state index contributed by atoms with van der Waals surface area (Å²) in [5.41, 5.74) is 4.63. The van der Waals surface area contributed by atoms with Crippen LogP contribution < -0.4 is 0 Å². The van der Waals surface area contributed by atoms with Crippen LogP contribution >= 0.6 is 0 Å². The van der Waals surface area contributed by atoms with Crippen molar-refractivity contribution in [3.8, 4) is 11.3 Å². The molecular weight excluding hydrogens is 206 g/mol. The van der Waals surface area contributed by atoms with Gasteiger partial charge in [0.2, 0.25) is 0 Å². The smallest absolute Gasteiger partial charge is 0.0704 e.